The van der Waals surface area contributed by atoms with E-state index in [0.717, 1.165) is 21.8 Å². The molecule has 0 bridgehead atoms. The zero-order valence-electron chi connectivity index (χ0n) is 28.6. The highest BCUT2D eigenvalue weighted by molar-refractivity contribution is 7.70. The monoisotopic (exact) mass is 701 g/mol. The molecular weight excluding hydrogens is 665 g/mol. The van der Waals surface area contributed by atoms with E-state index in [1.807, 2.05) is 60.7 Å². The highest BCUT2D eigenvalue weighted by atomic mass is 31.2. The Morgan fingerprint density at radius 1 is 0.902 bits per heavy atom. The molecular formula is C37H36N9O4P. The van der Waals surface area contributed by atoms with Crippen LogP contribution in [0.5, 0.6) is 11.6 Å². The maximum atomic E-state index is 13.6. The minimum Gasteiger partial charge on any atom is -0.438 e. The molecule has 2 amide bonds. The first-order chi connectivity index (χ1) is 24.3. The Morgan fingerprint density at radius 2 is 1.71 bits per heavy atom. The Hall–Kier alpha value is -6.20. The molecule has 3 aromatic heterocycles. The molecule has 0 fully saturated rings. The van der Waals surface area contributed by atoms with Crippen LogP contribution in [0.1, 0.15) is 26.5 Å². The van der Waals surface area contributed by atoms with Crippen molar-refractivity contribution >= 4 is 69.2 Å². The zero-order valence-corrected chi connectivity index (χ0v) is 29.5. The van der Waals surface area contributed by atoms with Crippen molar-refractivity contribution in [2.24, 2.45) is 0 Å². The van der Waals surface area contributed by atoms with Crippen LogP contribution in [0.3, 0.4) is 0 Å². The van der Waals surface area contributed by atoms with E-state index < -0.39 is 13.2 Å². The van der Waals surface area contributed by atoms with Crippen LogP contribution in [0, 0.1) is 0 Å². The first kappa shape index (κ1) is 33.3. The minimum absolute atomic E-state index is 0.284. The summed E-state index contributed by atoms with van der Waals surface area (Å²) in [5.74, 6) is 1.94. The molecule has 0 aliphatic rings. The molecule has 4 aromatic carbocycles. The molecule has 0 aliphatic heterocycles. The Labute approximate surface area is 293 Å². The standard InChI is InChI=1S/C37H36N9O4P/c1-37(2,3)31-21-32(46(44-31)23-9-8-10-24(20-23)51(4,5)48)42-36(47)41-28-14-16-29(26-12-7-6-11-25(26)28)49-33-17-18-39-35(43-33)40-22-13-15-30-27(19-22)34(38)45-50-30/h6-21H,1-5H3,(H2,38,45)(H,39,40,43)(H2,41,42,47). The molecule has 3 heterocycles. The molecule has 0 unspecified atom stereocenters. The van der Waals surface area contributed by atoms with Gasteiger partial charge in [-0.05, 0) is 55.8 Å². The highest BCUT2D eigenvalue weighted by Crippen LogP contribution is 2.37. The van der Waals surface area contributed by atoms with Crippen molar-refractivity contribution < 1.29 is 18.6 Å². The zero-order chi connectivity index (χ0) is 35.9. The number of nitrogen functional groups attached to an aromatic ring is 1. The summed E-state index contributed by atoms with van der Waals surface area (Å²) < 4.78 is 25.9. The van der Waals surface area contributed by atoms with Crippen LogP contribution in [0.25, 0.3) is 27.4 Å². The fourth-order valence-corrected chi connectivity index (χ4v) is 6.36. The number of aromatic nitrogens is 5. The van der Waals surface area contributed by atoms with Gasteiger partial charge < -0.3 is 30.2 Å². The van der Waals surface area contributed by atoms with Gasteiger partial charge in [0.2, 0.25) is 11.8 Å². The average Bonchev–Trinajstić information content (AvgIpc) is 3.69. The summed E-state index contributed by atoms with van der Waals surface area (Å²) in [4.78, 5) is 22.4. The quantitative estimate of drug-likeness (QED) is 0.113. The lowest BCUT2D eigenvalue weighted by molar-refractivity contribution is 0.262. The first-order valence-corrected chi connectivity index (χ1v) is 18.7. The van der Waals surface area contributed by atoms with Gasteiger partial charge in [0.05, 0.1) is 22.5 Å². The Bertz CT molecular complexity index is 2480. The molecule has 7 aromatic rings. The van der Waals surface area contributed by atoms with Crippen LogP contribution in [0.2, 0.25) is 0 Å². The fourth-order valence-electron chi connectivity index (χ4n) is 5.47. The number of nitrogens with one attached hydrogen (secondary N) is 3. The Kier molecular flexibility index (Phi) is 8.44. The van der Waals surface area contributed by atoms with Gasteiger partial charge in [0, 0.05) is 45.5 Å². The van der Waals surface area contributed by atoms with Crippen LogP contribution >= 0.6 is 7.14 Å². The number of benzene rings is 4. The number of fused-ring (bicyclic) bond motifs is 2. The van der Waals surface area contributed by atoms with Gasteiger partial charge in [-0.1, -0.05) is 62.3 Å². The molecule has 14 heteroatoms. The van der Waals surface area contributed by atoms with Crippen LogP contribution in [0.4, 0.5) is 33.8 Å². The van der Waals surface area contributed by atoms with Crippen molar-refractivity contribution in [2.75, 3.05) is 35.0 Å². The lowest BCUT2D eigenvalue weighted by atomic mass is 9.92. The lowest BCUT2D eigenvalue weighted by Gasteiger charge is -2.15. The molecule has 0 atom stereocenters. The number of anilines is 5. The van der Waals surface area contributed by atoms with Crippen molar-refractivity contribution in [1.29, 1.82) is 0 Å². The predicted molar refractivity (Wildman–Crippen MR) is 202 cm³/mol. The second kappa shape index (κ2) is 12.9. The fraction of sp³-hybridized carbons (Fsp3) is 0.162. The number of amides is 2. The van der Waals surface area contributed by atoms with Crippen LogP contribution in [-0.4, -0.2) is 44.3 Å². The number of nitrogens with two attached hydrogens (primary N) is 1. The summed E-state index contributed by atoms with van der Waals surface area (Å²) >= 11 is 0. The number of rotatable bonds is 8. The lowest BCUT2D eigenvalue weighted by Crippen LogP contribution is -2.21. The second-order valence-corrected chi connectivity index (χ2v) is 16.6. The van der Waals surface area contributed by atoms with E-state index in [1.165, 1.54) is 0 Å². The number of urea groups is 1. The third-order valence-corrected chi connectivity index (χ3v) is 9.67. The molecule has 0 radical (unpaired) electrons. The van der Waals surface area contributed by atoms with Crippen molar-refractivity contribution in [3.05, 3.63) is 103 Å². The normalized spacial score (nSPS) is 11.9. The number of hydrogen-bond donors (Lipinski definition) is 4. The van der Waals surface area contributed by atoms with Gasteiger partial charge in [-0.25, -0.2) is 14.5 Å². The number of carbonyl (C=O) groups is 1. The molecule has 13 nitrogen and oxygen atoms in total. The van der Waals surface area contributed by atoms with Crippen molar-refractivity contribution in [3.8, 4) is 17.3 Å². The molecule has 0 saturated heterocycles. The summed E-state index contributed by atoms with van der Waals surface area (Å²) in [6.07, 6.45) is 1.59. The van der Waals surface area contributed by atoms with Crippen LogP contribution in [-0.2, 0) is 9.98 Å². The van der Waals surface area contributed by atoms with Gasteiger partial charge in [-0.15, -0.1) is 0 Å². The Balaban J connectivity index is 1.12. The van der Waals surface area contributed by atoms with Crippen LogP contribution < -0.4 is 31.7 Å². The van der Waals surface area contributed by atoms with Gasteiger partial charge in [-0.3, -0.25) is 5.32 Å². The van der Waals surface area contributed by atoms with Gasteiger partial charge in [0.1, 0.15) is 18.7 Å². The third-order valence-electron chi connectivity index (χ3n) is 8.15. The summed E-state index contributed by atoms with van der Waals surface area (Å²) in [5.41, 5.74) is 8.95. The topological polar surface area (TPSA) is 175 Å². The van der Waals surface area contributed by atoms with Gasteiger partial charge in [-0.2, -0.15) is 10.1 Å². The SMILES string of the molecule is CC(C)(C)c1cc(NC(=O)Nc2ccc(Oc3ccnc(Nc4ccc5onc(N)c5c4)n3)c3ccccc23)n(-c2cccc(P(C)(C)=O)c2)n1. The van der Waals surface area contributed by atoms with E-state index in [9.17, 15) is 9.36 Å². The van der Waals surface area contributed by atoms with Gasteiger partial charge in [0.25, 0.3) is 0 Å². The molecule has 0 saturated carbocycles. The predicted octanol–water partition coefficient (Wildman–Crippen LogP) is 8.26. The molecule has 5 N–H and O–H groups in total. The molecule has 7 rings (SSSR count). The Morgan fingerprint density at radius 3 is 2.49 bits per heavy atom. The summed E-state index contributed by atoms with van der Waals surface area (Å²) in [6.45, 7) is 9.61. The second-order valence-electron chi connectivity index (χ2n) is 13.4. The third kappa shape index (κ3) is 7.10. The van der Waals surface area contributed by atoms with E-state index in [2.05, 4.69) is 51.8 Å². The summed E-state index contributed by atoms with van der Waals surface area (Å²) in [5, 5.41) is 20.7. The van der Waals surface area contributed by atoms with E-state index in [4.69, 9.17) is 20.1 Å². The summed E-state index contributed by atoms with van der Waals surface area (Å²) in [6, 6.07) is 27.0. The number of nitrogens with zero attached hydrogens (tertiary/aromatic N) is 5. The summed E-state index contributed by atoms with van der Waals surface area (Å²) in [7, 11) is -2.52. The van der Waals surface area contributed by atoms with Gasteiger partial charge in [0.15, 0.2) is 11.4 Å². The largest absolute Gasteiger partial charge is 0.438 e. The van der Waals surface area contributed by atoms with Crippen molar-refractivity contribution in [3.63, 3.8) is 0 Å². The molecule has 51 heavy (non-hydrogen) atoms. The van der Waals surface area contributed by atoms with Crippen molar-refractivity contribution in [2.45, 2.75) is 26.2 Å². The van der Waals surface area contributed by atoms with E-state index in [1.54, 1.807) is 54.5 Å². The van der Waals surface area contributed by atoms with Crippen LogP contribution in [0.15, 0.2) is 102 Å². The minimum atomic E-state index is -2.52. The molecule has 0 spiro atoms. The van der Waals surface area contributed by atoms with E-state index in [0.29, 0.717) is 57.2 Å². The van der Waals surface area contributed by atoms with Gasteiger partial charge >= 0.3 is 6.03 Å². The maximum absolute atomic E-state index is 13.6. The average molecular weight is 702 g/mol. The van der Waals surface area contributed by atoms with Crippen molar-refractivity contribution in [1.82, 2.24) is 24.9 Å². The highest BCUT2D eigenvalue weighted by Gasteiger charge is 2.23. The molecule has 0 aliphatic carbocycles. The molecule has 258 valence electrons. The number of hydrogen-bond acceptors (Lipinski definition) is 10. The van der Waals surface area contributed by atoms with E-state index >= 15 is 0 Å². The maximum Gasteiger partial charge on any atom is 0.324 e. The first-order valence-electron chi connectivity index (χ1n) is 16.1. The number of carbonyl (C=O) groups excluding carboxylic acids is 1. The number of ether oxygens (including phenoxy) is 1. The van der Waals surface area contributed by atoms with E-state index in [-0.39, 0.29) is 5.41 Å². The smallest absolute Gasteiger partial charge is 0.324 e.